The van der Waals surface area contributed by atoms with E-state index in [2.05, 4.69) is 17.4 Å². The highest BCUT2D eigenvalue weighted by molar-refractivity contribution is 5.76. The van der Waals surface area contributed by atoms with Crippen LogP contribution in [0.4, 0.5) is 4.39 Å². The quantitative estimate of drug-likeness (QED) is 0.612. The van der Waals surface area contributed by atoms with Gasteiger partial charge in [0, 0.05) is 12.1 Å². The Balaban J connectivity index is 1.33. The number of carbonyl (C=O) groups excluding carboxylic acids is 1. The molecule has 0 atom stereocenters. The van der Waals surface area contributed by atoms with E-state index in [4.69, 9.17) is 0 Å². The summed E-state index contributed by atoms with van der Waals surface area (Å²) < 4.78 is 13.0. The second kappa shape index (κ2) is 9.46. The Labute approximate surface area is 154 Å². The van der Waals surface area contributed by atoms with Crippen molar-refractivity contribution in [1.29, 1.82) is 0 Å². The van der Waals surface area contributed by atoms with Gasteiger partial charge in [0.25, 0.3) is 5.91 Å². The van der Waals surface area contributed by atoms with Crippen LogP contribution in [0.1, 0.15) is 11.1 Å². The maximum absolute atomic E-state index is 13.0. The van der Waals surface area contributed by atoms with Crippen molar-refractivity contribution in [3.63, 3.8) is 0 Å². The number of halogens is 1. The molecule has 26 heavy (non-hydrogen) atoms. The molecule has 0 bridgehead atoms. The number of nitrogens with one attached hydrogen (secondary N) is 3. The van der Waals surface area contributed by atoms with Crippen molar-refractivity contribution in [2.45, 2.75) is 13.0 Å². The highest BCUT2D eigenvalue weighted by atomic mass is 19.1. The van der Waals surface area contributed by atoms with E-state index in [0.29, 0.717) is 13.1 Å². The van der Waals surface area contributed by atoms with Crippen molar-refractivity contribution in [2.24, 2.45) is 0 Å². The van der Waals surface area contributed by atoms with Gasteiger partial charge in [0.2, 0.25) is 0 Å². The number of amides is 1. The van der Waals surface area contributed by atoms with Crippen molar-refractivity contribution in [2.75, 3.05) is 39.3 Å². The third kappa shape index (κ3) is 5.93. The molecule has 0 aliphatic carbocycles. The summed E-state index contributed by atoms with van der Waals surface area (Å²) in [5.41, 5.74) is 2.42. The minimum Gasteiger partial charge on any atom is -0.351 e. The van der Waals surface area contributed by atoms with E-state index >= 15 is 0 Å². The van der Waals surface area contributed by atoms with Crippen LogP contribution in [0.2, 0.25) is 0 Å². The van der Waals surface area contributed by atoms with Gasteiger partial charge >= 0.3 is 0 Å². The molecular weight excluding hydrogens is 329 g/mol. The maximum Gasteiger partial charge on any atom is 0.275 e. The molecule has 4 nitrogen and oxygen atoms in total. The van der Waals surface area contributed by atoms with Crippen molar-refractivity contribution in [3.8, 4) is 0 Å². The number of benzene rings is 2. The summed E-state index contributed by atoms with van der Waals surface area (Å²) in [5, 5.41) is 3.03. The van der Waals surface area contributed by atoms with E-state index in [1.54, 1.807) is 0 Å². The van der Waals surface area contributed by atoms with Gasteiger partial charge in [-0.05, 0) is 24.1 Å². The Kier molecular flexibility index (Phi) is 6.75. The molecule has 0 aromatic heterocycles. The van der Waals surface area contributed by atoms with Crippen molar-refractivity contribution in [1.82, 2.24) is 5.32 Å². The fraction of sp³-hybridized carbons (Fsp3) is 0.381. The number of hydrogen-bond acceptors (Lipinski definition) is 1. The zero-order valence-electron chi connectivity index (χ0n) is 15.1. The zero-order valence-corrected chi connectivity index (χ0v) is 15.1. The molecule has 1 heterocycles. The fourth-order valence-electron chi connectivity index (χ4n) is 3.48. The van der Waals surface area contributed by atoms with E-state index in [0.717, 1.165) is 39.1 Å². The van der Waals surface area contributed by atoms with Gasteiger partial charge in [0.15, 0.2) is 6.54 Å². The van der Waals surface area contributed by atoms with Crippen LogP contribution in [-0.4, -0.2) is 45.2 Å². The Bertz CT molecular complexity index is 682. The van der Waals surface area contributed by atoms with Crippen LogP contribution in [0.15, 0.2) is 54.6 Å². The normalized spacial score (nSPS) is 19.9. The minimum absolute atomic E-state index is 0.137. The van der Waals surface area contributed by atoms with Crippen LogP contribution in [0.3, 0.4) is 0 Å². The molecule has 0 unspecified atom stereocenters. The lowest BCUT2D eigenvalue weighted by molar-refractivity contribution is -1.02. The molecule has 1 aliphatic rings. The van der Waals surface area contributed by atoms with E-state index in [-0.39, 0.29) is 11.7 Å². The fourth-order valence-corrected chi connectivity index (χ4v) is 3.48. The molecule has 5 heteroatoms. The summed E-state index contributed by atoms with van der Waals surface area (Å²) in [5.74, 6) is -0.0470. The van der Waals surface area contributed by atoms with Crippen LogP contribution in [-0.2, 0) is 17.8 Å². The summed E-state index contributed by atoms with van der Waals surface area (Å²) in [6, 6.07) is 17.0. The Morgan fingerprint density at radius 3 is 2.23 bits per heavy atom. The van der Waals surface area contributed by atoms with Gasteiger partial charge in [0.1, 0.15) is 38.5 Å². The maximum atomic E-state index is 13.0. The monoisotopic (exact) mass is 357 g/mol. The average Bonchev–Trinajstić information content (AvgIpc) is 2.66. The van der Waals surface area contributed by atoms with Crippen LogP contribution >= 0.6 is 0 Å². The standard InChI is InChI=1S/C21H26FN3O/c22-20-8-6-19(7-9-20)16-24-12-14-25(15-13-24)17-21(26)23-11-10-18-4-2-1-3-5-18/h1-9H,10-17H2,(H,23,26)/p+2. The molecule has 0 saturated carbocycles. The number of quaternary nitrogens is 2. The first-order valence-electron chi connectivity index (χ1n) is 9.41. The van der Waals surface area contributed by atoms with Gasteiger partial charge in [-0.1, -0.05) is 42.5 Å². The van der Waals surface area contributed by atoms with Crippen LogP contribution < -0.4 is 15.1 Å². The summed E-state index contributed by atoms with van der Waals surface area (Å²) in [6.45, 7) is 6.27. The Morgan fingerprint density at radius 1 is 0.885 bits per heavy atom. The Hall–Kier alpha value is -2.24. The molecule has 2 aromatic carbocycles. The smallest absolute Gasteiger partial charge is 0.275 e. The van der Waals surface area contributed by atoms with Crippen LogP contribution in [0.25, 0.3) is 0 Å². The van der Waals surface area contributed by atoms with Gasteiger partial charge in [-0.15, -0.1) is 0 Å². The summed E-state index contributed by atoms with van der Waals surface area (Å²) in [6.07, 6.45) is 0.873. The molecule has 1 aliphatic heterocycles. The van der Waals surface area contributed by atoms with Crippen molar-refractivity contribution >= 4 is 5.91 Å². The highest BCUT2D eigenvalue weighted by Gasteiger charge is 2.24. The molecule has 0 spiro atoms. The summed E-state index contributed by atoms with van der Waals surface area (Å²) in [7, 11) is 0. The molecule has 3 rings (SSSR count). The van der Waals surface area contributed by atoms with E-state index < -0.39 is 0 Å². The number of carbonyl (C=O) groups is 1. The number of rotatable bonds is 7. The van der Waals surface area contributed by atoms with Crippen LogP contribution in [0, 0.1) is 5.82 Å². The predicted octanol–water partition coefficient (Wildman–Crippen LogP) is -0.532. The van der Waals surface area contributed by atoms with Gasteiger partial charge < -0.3 is 15.1 Å². The summed E-state index contributed by atoms with van der Waals surface area (Å²) in [4.78, 5) is 15.0. The highest BCUT2D eigenvalue weighted by Crippen LogP contribution is 2.00. The first-order valence-corrected chi connectivity index (χ1v) is 9.41. The first-order chi connectivity index (χ1) is 12.7. The lowest BCUT2D eigenvalue weighted by Gasteiger charge is -2.29. The lowest BCUT2D eigenvalue weighted by atomic mass is 10.1. The molecule has 3 N–H and O–H groups in total. The minimum atomic E-state index is -0.184. The molecular formula is C21H28FN3O+2. The van der Waals surface area contributed by atoms with E-state index in [1.165, 1.54) is 33.1 Å². The molecule has 0 radical (unpaired) electrons. The number of hydrogen-bond donors (Lipinski definition) is 3. The number of piperazine rings is 1. The van der Waals surface area contributed by atoms with Crippen molar-refractivity contribution in [3.05, 3.63) is 71.5 Å². The van der Waals surface area contributed by atoms with Gasteiger partial charge in [0.05, 0.1) is 0 Å². The van der Waals surface area contributed by atoms with Gasteiger partial charge in [-0.25, -0.2) is 4.39 Å². The average molecular weight is 357 g/mol. The second-order valence-corrected chi connectivity index (χ2v) is 7.07. The Morgan fingerprint density at radius 2 is 1.54 bits per heavy atom. The topological polar surface area (TPSA) is 38.0 Å². The largest absolute Gasteiger partial charge is 0.351 e. The molecule has 1 fully saturated rings. The second-order valence-electron chi connectivity index (χ2n) is 7.07. The zero-order chi connectivity index (χ0) is 18.2. The third-order valence-electron chi connectivity index (χ3n) is 5.02. The van der Waals surface area contributed by atoms with Crippen molar-refractivity contribution < 1.29 is 19.0 Å². The lowest BCUT2D eigenvalue weighted by Crippen LogP contribution is -3.28. The van der Waals surface area contributed by atoms with Crippen LogP contribution in [0.5, 0.6) is 0 Å². The SMILES string of the molecule is O=C(C[NH+]1CC[NH+](Cc2ccc(F)cc2)CC1)NCCc1ccccc1. The van der Waals surface area contributed by atoms with Gasteiger partial charge in [-0.3, -0.25) is 4.79 Å². The van der Waals surface area contributed by atoms with E-state index in [1.807, 2.05) is 30.3 Å². The molecule has 1 saturated heterocycles. The third-order valence-corrected chi connectivity index (χ3v) is 5.02. The van der Waals surface area contributed by atoms with Gasteiger partial charge in [-0.2, -0.15) is 0 Å². The summed E-state index contributed by atoms with van der Waals surface area (Å²) >= 11 is 0. The molecule has 138 valence electrons. The molecule has 1 amide bonds. The predicted molar refractivity (Wildman–Crippen MR) is 99.5 cm³/mol. The molecule has 2 aromatic rings. The first kappa shape index (κ1) is 18.5. The van der Waals surface area contributed by atoms with E-state index in [9.17, 15) is 9.18 Å².